The fraction of sp³-hybridized carbons (Fsp3) is 0.375. The summed E-state index contributed by atoms with van der Waals surface area (Å²) in [6.07, 6.45) is 7.72. The maximum atomic E-state index is 5.97. The number of likely N-dealkylation sites (tertiary alicyclic amines) is 1. The molecule has 0 N–H and O–H groups in total. The van der Waals surface area contributed by atoms with Crippen LogP contribution in [0.2, 0.25) is 0 Å². The molecule has 2 aromatic carbocycles. The van der Waals surface area contributed by atoms with Gasteiger partial charge in [-0.25, -0.2) is 4.98 Å². The molecular weight excluding hydrogens is 538 g/mol. The molecule has 0 bridgehead atoms. The number of allylic oxidation sites excluding steroid dienone is 5. The van der Waals surface area contributed by atoms with Gasteiger partial charge in [0.2, 0.25) is 0 Å². The summed E-state index contributed by atoms with van der Waals surface area (Å²) in [6.45, 7) is 24.8. The highest BCUT2D eigenvalue weighted by Gasteiger charge is 2.35. The molecule has 0 radical (unpaired) electrons. The lowest BCUT2D eigenvalue weighted by Crippen LogP contribution is -2.38. The second-order valence-electron chi connectivity index (χ2n) is 12.7. The Morgan fingerprint density at radius 3 is 2.41 bits per heavy atom. The van der Waals surface area contributed by atoms with Gasteiger partial charge in [0.1, 0.15) is 11.6 Å². The highest BCUT2D eigenvalue weighted by molar-refractivity contribution is 5.81. The van der Waals surface area contributed by atoms with Crippen LogP contribution in [-0.4, -0.2) is 36.1 Å². The van der Waals surface area contributed by atoms with Crippen LogP contribution in [0.5, 0.6) is 5.75 Å². The Kier molecular flexibility index (Phi) is 9.48. The second-order valence-corrected chi connectivity index (χ2v) is 12.7. The van der Waals surface area contributed by atoms with Crippen molar-refractivity contribution in [3.8, 4) is 28.0 Å². The van der Waals surface area contributed by atoms with Crippen molar-refractivity contribution < 1.29 is 4.74 Å². The lowest BCUT2D eigenvalue weighted by Gasteiger charge is -2.33. The maximum absolute atomic E-state index is 5.97. The predicted octanol–water partition coefficient (Wildman–Crippen LogP) is 10.0. The van der Waals surface area contributed by atoms with Gasteiger partial charge in [0.05, 0.1) is 19.3 Å². The van der Waals surface area contributed by atoms with E-state index in [4.69, 9.17) is 9.72 Å². The van der Waals surface area contributed by atoms with Gasteiger partial charge in [0.25, 0.3) is 0 Å². The number of anilines is 1. The molecular formula is C40H49N3O. The second kappa shape index (κ2) is 13.3. The van der Waals surface area contributed by atoms with Gasteiger partial charge in [-0.1, -0.05) is 62.1 Å². The number of ether oxygens (including phenoxy) is 1. The molecule has 0 spiro atoms. The van der Waals surface area contributed by atoms with Crippen LogP contribution in [0.3, 0.4) is 0 Å². The Morgan fingerprint density at radius 2 is 1.80 bits per heavy atom. The first kappa shape index (κ1) is 31.4. The summed E-state index contributed by atoms with van der Waals surface area (Å²) in [5, 5.41) is 0. The van der Waals surface area contributed by atoms with Crippen molar-refractivity contribution in [3.63, 3.8) is 0 Å². The third-order valence-corrected chi connectivity index (χ3v) is 9.47. The van der Waals surface area contributed by atoms with Gasteiger partial charge in [0, 0.05) is 41.9 Å². The lowest BCUT2D eigenvalue weighted by molar-refractivity contribution is 0.276. The van der Waals surface area contributed by atoms with E-state index in [9.17, 15) is 0 Å². The van der Waals surface area contributed by atoms with Crippen LogP contribution in [0.25, 0.3) is 27.8 Å². The number of pyridine rings is 1. The van der Waals surface area contributed by atoms with Crippen molar-refractivity contribution in [2.45, 2.75) is 73.4 Å². The SMILES string of the molecule is C=C(CC)c1ccc(-c2ccc(OC)c(-c3ccc(N4CCC4)nc3CN3C(=C)CC(/C(C=C(C)C)=C/C)C3C)c2)c(C)c1. The summed E-state index contributed by atoms with van der Waals surface area (Å²) in [5.74, 6) is 2.32. The Labute approximate surface area is 265 Å². The highest BCUT2D eigenvalue weighted by Crippen LogP contribution is 2.42. The zero-order valence-electron chi connectivity index (χ0n) is 27.8. The highest BCUT2D eigenvalue weighted by atomic mass is 16.5. The van der Waals surface area contributed by atoms with Crippen LogP contribution in [0.4, 0.5) is 5.82 Å². The Morgan fingerprint density at radius 1 is 1.05 bits per heavy atom. The van der Waals surface area contributed by atoms with Crippen molar-refractivity contribution in [1.82, 2.24) is 9.88 Å². The van der Waals surface area contributed by atoms with Crippen LogP contribution in [0, 0.1) is 12.8 Å². The number of nitrogens with zero attached hydrogens (tertiary/aromatic N) is 3. The molecule has 2 saturated heterocycles. The third kappa shape index (κ3) is 6.26. The summed E-state index contributed by atoms with van der Waals surface area (Å²) in [5.41, 5.74) is 13.1. The van der Waals surface area contributed by atoms with E-state index < -0.39 is 0 Å². The first-order valence-corrected chi connectivity index (χ1v) is 16.1. The van der Waals surface area contributed by atoms with Crippen molar-refractivity contribution >= 4 is 11.4 Å². The summed E-state index contributed by atoms with van der Waals surface area (Å²) < 4.78 is 5.97. The Bertz CT molecular complexity index is 1620. The van der Waals surface area contributed by atoms with Gasteiger partial charge >= 0.3 is 0 Å². The van der Waals surface area contributed by atoms with Crippen LogP contribution in [0.15, 0.2) is 90.7 Å². The monoisotopic (exact) mass is 587 g/mol. The smallest absolute Gasteiger partial charge is 0.128 e. The van der Waals surface area contributed by atoms with E-state index in [-0.39, 0.29) is 0 Å². The van der Waals surface area contributed by atoms with Crippen molar-refractivity contribution in [2.75, 3.05) is 25.1 Å². The molecule has 3 aromatic rings. The Balaban J connectivity index is 1.57. The molecule has 3 heterocycles. The number of hydrogen-bond acceptors (Lipinski definition) is 4. The molecule has 4 nitrogen and oxygen atoms in total. The largest absolute Gasteiger partial charge is 0.496 e. The average Bonchev–Trinajstić information content (AvgIpc) is 3.26. The zero-order valence-corrected chi connectivity index (χ0v) is 27.8. The van der Waals surface area contributed by atoms with Gasteiger partial charge in [-0.3, -0.25) is 0 Å². The number of benzene rings is 2. The van der Waals surface area contributed by atoms with Crippen LogP contribution in [0.1, 0.15) is 70.7 Å². The third-order valence-electron chi connectivity index (χ3n) is 9.47. The lowest BCUT2D eigenvalue weighted by atomic mass is 9.90. The zero-order chi connectivity index (χ0) is 31.5. The molecule has 0 amide bonds. The molecule has 0 saturated carbocycles. The summed E-state index contributed by atoms with van der Waals surface area (Å²) in [4.78, 5) is 10.2. The number of methoxy groups -OCH3 is 1. The molecule has 230 valence electrons. The minimum atomic E-state index is 0.318. The van der Waals surface area contributed by atoms with E-state index in [0.29, 0.717) is 18.5 Å². The number of aromatic nitrogens is 1. The van der Waals surface area contributed by atoms with Gasteiger partial charge in [-0.15, -0.1) is 0 Å². The van der Waals surface area contributed by atoms with Crippen molar-refractivity contribution in [2.24, 2.45) is 5.92 Å². The number of rotatable bonds is 10. The Hall–Kier alpha value is -4.05. The first-order valence-electron chi connectivity index (χ1n) is 16.1. The van der Waals surface area contributed by atoms with E-state index in [0.717, 1.165) is 59.9 Å². The van der Waals surface area contributed by atoms with Crippen LogP contribution < -0.4 is 9.64 Å². The predicted molar refractivity (Wildman–Crippen MR) is 188 cm³/mol. The van der Waals surface area contributed by atoms with Gasteiger partial charge in [0.15, 0.2) is 0 Å². The van der Waals surface area contributed by atoms with Gasteiger partial charge in [-0.05, 0) is 112 Å². The molecule has 2 aliphatic rings. The average molecular weight is 588 g/mol. The van der Waals surface area contributed by atoms with Gasteiger partial charge < -0.3 is 14.5 Å². The number of aryl methyl sites for hydroxylation is 1. The number of hydrogen-bond donors (Lipinski definition) is 0. The molecule has 2 fully saturated rings. The molecule has 2 aliphatic heterocycles. The summed E-state index contributed by atoms with van der Waals surface area (Å²) in [7, 11) is 1.76. The van der Waals surface area contributed by atoms with Gasteiger partial charge in [-0.2, -0.15) is 0 Å². The minimum Gasteiger partial charge on any atom is -0.496 e. The van der Waals surface area contributed by atoms with Crippen LogP contribution in [-0.2, 0) is 6.54 Å². The summed E-state index contributed by atoms with van der Waals surface area (Å²) >= 11 is 0. The fourth-order valence-corrected chi connectivity index (χ4v) is 6.67. The molecule has 1 aromatic heterocycles. The standard InChI is InChI=1S/C40H49N3O/c1-10-27(5)32-13-15-34(28(6)22-32)33-14-17-39(44-9)37(24-33)35-16-18-40(42-19-12-20-42)41-38(35)25-43-29(7)23-36(30(43)8)31(11-2)21-26(3)4/h11,13-18,21-22,24,30,36H,5,7,10,12,19-20,23,25H2,1-4,6,8-9H3/b31-11+. The maximum Gasteiger partial charge on any atom is 0.128 e. The molecule has 44 heavy (non-hydrogen) atoms. The van der Waals surface area contributed by atoms with E-state index >= 15 is 0 Å². The molecule has 2 unspecified atom stereocenters. The summed E-state index contributed by atoms with van der Waals surface area (Å²) in [6, 6.07) is 18.0. The van der Waals surface area contributed by atoms with E-state index in [1.54, 1.807) is 7.11 Å². The molecule has 4 heteroatoms. The van der Waals surface area contributed by atoms with E-state index in [1.807, 2.05) is 0 Å². The van der Waals surface area contributed by atoms with E-state index in [1.165, 1.54) is 45.5 Å². The topological polar surface area (TPSA) is 28.6 Å². The minimum absolute atomic E-state index is 0.318. The molecule has 5 rings (SSSR count). The van der Waals surface area contributed by atoms with Crippen LogP contribution >= 0.6 is 0 Å². The first-order chi connectivity index (χ1) is 21.1. The van der Waals surface area contributed by atoms with Crippen molar-refractivity contribution in [3.05, 3.63) is 108 Å². The van der Waals surface area contributed by atoms with Crippen molar-refractivity contribution in [1.29, 1.82) is 0 Å². The molecule has 0 aliphatic carbocycles. The van der Waals surface area contributed by atoms with E-state index in [2.05, 4.69) is 125 Å². The quantitative estimate of drug-likeness (QED) is 0.221. The molecule has 2 atom stereocenters. The fourth-order valence-electron chi connectivity index (χ4n) is 6.67. The normalized spacial score (nSPS) is 18.3.